The quantitative estimate of drug-likeness (QED) is 0.762. The lowest BCUT2D eigenvalue weighted by Crippen LogP contribution is -2.19. The second-order valence-corrected chi connectivity index (χ2v) is 3.53. The predicted octanol–water partition coefficient (Wildman–Crippen LogP) is 1.76. The Kier molecular flexibility index (Phi) is 5.87. The standard InChI is InChI=1S/C11H15F3N2O2/c1-15-6-9-2-3-10(7-16-9)18-5-4-17-8-11(12,13)14/h2-3,7,15H,4-6,8H2,1H3. The molecule has 4 nitrogen and oxygen atoms in total. The molecule has 0 fully saturated rings. The van der Waals surface area contributed by atoms with Gasteiger partial charge >= 0.3 is 6.18 Å². The van der Waals surface area contributed by atoms with Crippen molar-refractivity contribution in [3.63, 3.8) is 0 Å². The average molecular weight is 264 g/mol. The van der Waals surface area contributed by atoms with Crippen LogP contribution in [0.2, 0.25) is 0 Å². The normalized spacial score (nSPS) is 11.6. The molecule has 18 heavy (non-hydrogen) atoms. The summed E-state index contributed by atoms with van der Waals surface area (Å²) in [6.07, 6.45) is -2.77. The topological polar surface area (TPSA) is 43.4 Å². The van der Waals surface area contributed by atoms with Gasteiger partial charge in [0, 0.05) is 6.54 Å². The Morgan fingerprint density at radius 2 is 2.06 bits per heavy atom. The molecule has 1 N–H and O–H groups in total. The van der Waals surface area contributed by atoms with Crippen LogP contribution >= 0.6 is 0 Å². The summed E-state index contributed by atoms with van der Waals surface area (Å²) in [6.45, 7) is -0.661. The van der Waals surface area contributed by atoms with E-state index < -0.39 is 12.8 Å². The van der Waals surface area contributed by atoms with E-state index in [1.54, 1.807) is 12.1 Å². The molecular weight excluding hydrogens is 249 g/mol. The van der Waals surface area contributed by atoms with Crippen LogP contribution in [0.25, 0.3) is 0 Å². The van der Waals surface area contributed by atoms with Gasteiger partial charge in [-0.3, -0.25) is 4.98 Å². The molecule has 0 spiro atoms. The minimum absolute atomic E-state index is 0.0587. The molecule has 0 bridgehead atoms. The van der Waals surface area contributed by atoms with Crippen LogP contribution in [-0.2, 0) is 11.3 Å². The van der Waals surface area contributed by atoms with Crippen LogP contribution < -0.4 is 10.1 Å². The van der Waals surface area contributed by atoms with Crippen molar-refractivity contribution in [3.8, 4) is 5.75 Å². The molecule has 1 aromatic rings. The first-order valence-corrected chi connectivity index (χ1v) is 5.38. The van der Waals surface area contributed by atoms with Crippen LogP contribution in [0.1, 0.15) is 5.69 Å². The maximum absolute atomic E-state index is 11.7. The first kappa shape index (κ1) is 14.7. The van der Waals surface area contributed by atoms with Crippen LogP contribution in [0.15, 0.2) is 18.3 Å². The van der Waals surface area contributed by atoms with E-state index in [0.717, 1.165) is 5.69 Å². The molecule has 0 aliphatic carbocycles. The van der Waals surface area contributed by atoms with E-state index in [9.17, 15) is 13.2 Å². The average Bonchev–Trinajstić information content (AvgIpc) is 2.30. The van der Waals surface area contributed by atoms with Gasteiger partial charge in [-0.05, 0) is 19.2 Å². The highest BCUT2D eigenvalue weighted by atomic mass is 19.4. The summed E-state index contributed by atoms with van der Waals surface area (Å²) in [4.78, 5) is 4.10. The molecule has 1 aromatic heterocycles. The van der Waals surface area contributed by atoms with Crippen molar-refractivity contribution in [2.75, 3.05) is 26.9 Å². The highest BCUT2D eigenvalue weighted by Crippen LogP contribution is 2.14. The smallest absolute Gasteiger partial charge is 0.411 e. The molecule has 0 aliphatic rings. The summed E-state index contributed by atoms with van der Waals surface area (Å²) in [5.41, 5.74) is 0.859. The summed E-state index contributed by atoms with van der Waals surface area (Å²) >= 11 is 0. The molecule has 0 saturated heterocycles. The van der Waals surface area contributed by atoms with Gasteiger partial charge in [0.25, 0.3) is 0 Å². The zero-order valence-corrected chi connectivity index (χ0v) is 9.96. The van der Waals surface area contributed by atoms with Gasteiger partial charge in [0.2, 0.25) is 0 Å². The Morgan fingerprint density at radius 3 is 2.61 bits per heavy atom. The van der Waals surface area contributed by atoms with E-state index in [1.807, 2.05) is 7.05 Å². The third kappa shape index (κ3) is 6.41. The predicted molar refractivity (Wildman–Crippen MR) is 59.4 cm³/mol. The molecule has 0 amide bonds. The molecule has 7 heteroatoms. The molecule has 0 radical (unpaired) electrons. The number of hydrogen-bond acceptors (Lipinski definition) is 4. The van der Waals surface area contributed by atoms with Crippen molar-refractivity contribution in [3.05, 3.63) is 24.0 Å². The number of nitrogens with zero attached hydrogens (tertiary/aromatic N) is 1. The third-order valence-electron chi connectivity index (χ3n) is 1.92. The van der Waals surface area contributed by atoms with Crippen LogP contribution in [-0.4, -0.2) is 38.0 Å². The summed E-state index contributed by atoms with van der Waals surface area (Å²) < 4.78 is 44.8. The second-order valence-electron chi connectivity index (χ2n) is 3.53. The molecule has 0 aromatic carbocycles. The molecule has 0 saturated carbocycles. The van der Waals surface area contributed by atoms with Crippen LogP contribution in [0.5, 0.6) is 5.75 Å². The first-order chi connectivity index (χ1) is 8.51. The van der Waals surface area contributed by atoms with Gasteiger partial charge in [-0.1, -0.05) is 0 Å². The van der Waals surface area contributed by atoms with Crippen molar-refractivity contribution >= 4 is 0 Å². The highest BCUT2D eigenvalue weighted by molar-refractivity contribution is 5.19. The van der Waals surface area contributed by atoms with Crippen LogP contribution in [0.4, 0.5) is 13.2 Å². The molecule has 0 atom stereocenters. The SMILES string of the molecule is CNCc1ccc(OCCOCC(F)(F)F)cn1. The molecule has 1 heterocycles. The summed E-state index contributed by atoms with van der Waals surface area (Å²) in [7, 11) is 1.81. The zero-order chi connectivity index (χ0) is 13.4. The van der Waals surface area contributed by atoms with Gasteiger partial charge in [0.15, 0.2) is 0 Å². The first-order valence-electron chi connectivity index (χ1n) is 5.38. The Balaban J connectivity index is 2.19. The molecule has 0 aliphatic heterocycles. The maximum atomic E-state index is 11.7. The fourth-order valence-electron chi connectivity index (χ4n) is 1.19. The van der Waals surface area contributed by atoms with Crippen molar-refractivity contribution in [1.29, 1.82) is 0 Å². The van der Waals surface area contributed by atoms with Crippen LogP contribution in [0, 0.1) is 0 Å². The molecule has 0 unspecified atom stereocenters. The Morgan fingerprint density at radius 1 is 1.28 bits per heavy atom. The largest absolute Gasteiger partial charge is 0.490 e. The zero-order valence-electron chi connectivity index (χ0n) is 9.96. The lowest BCUT2D eigenvalue weighted by Gasteiger charge is -2.09. The maximum Gasteiger partial charge on any atom is 0.411 e. The number of nitrogens with one attached hydrogen (secondary N) is 1. The fraction of sp³-hybridized carbons (Fsp3) is 0.545. The van der Waals surface area contributed by atoms with E-state index in [-0.39, 0.29) is 13.2 Å². The van der Waals surface area contributed by atoms with E-state index in [4.69, 9.17) is 4.74 Å². The van der Waals surface area contributed by atoms with Gasteiger partial charge in [0.1, 0.15) is 19.0 Å². The molecule has 102 valence electrons. The number of aromatic nitrogens is 1. The van der Waals surface area contributed by atoms with Gasteiger partial charge < -0.3 is 14.8 Å². The van der Waals surface area contributed by atoms with Gasteiger partial charge in [-0.25, -0.2) is 0 Å². The van der Waals surface area contributed by atoms with Gasteiger partial charge in [-0.15, -0.1) is 0 Å². The highest BCUT2D eigenvalue weighted by Gasteiger charge is 2.27. The minimum atomic E-state index is -4.30. The van der Waals surface area contributed by atoms with Crippen molar-refractivity contribution in [1.82, 2.24) is 10.3 Å². The Bertz CT molecular complexity index is 341. The van der Waals surface area contributed by atoms with Crippen molar-refractivity contribution in [2.45, 2.75) is 12.7 Å². The molecular formula is C11H15F3N2O2. The van der Waals surface area contributed by atoms with Gasteiger partial charge in [0.05, 0.1) is 18.5 Å². The summed E-state index contributed by atoms with van der Waals surface area (Å²) in [6, 6.07) is 3.49. The third-order valence-corrected chi connectivity index (χ3v) is 1.92. The number of pyridine rings is 1. The Labute approximate surface area is 103 Å². The lowest BCUT2D eigenvalue weighted by molar-refractivity contribution is -0.175. The number of ether oxygens (including phenoxy) is 2. The summed E-state index contributed by atoms with van der Waals surface area (Å²) in [5, 5.41) is 2.95. The molecule has 1 rings (SSSR count). The monoisotopic (exact) mass is 264 g/mol. The number of alkyl halides is 3. The van der Waals surface area contributed by atoms with Crippen molar-refractivity contribution < 1.29 is 22.6 Å². The minimum Gasteiger partial charge on any atom is -0.490 e. The fourth-order valence-corrected chi connectivity index (χ4v) is 1.19. The van der Waals surface area contributed by atoms with E-state index in [2.05, 4.69) is 15.0 Å². The van der Waals surface area contributed by atoms with E-state index >= 15 is 0 Å². The Hall–Kier alpha value is -1.34. The van der Waals surface area contributed by atoms with E-state index in [1.165, 1.54) is 6.20 Å². The number of rotatable bonds is 7. The number of hydrogen-bond donors (Lipinski definition) is 1. The second kappa shape index (κ2) is 7.17. The van der Waals surface area contributed by atoms with Crippen LogP contribution in [0.3, 0.4) is 0 Å². The van der Waals surface area contributed by atoms with Crippen molar-refractivity contribution in [2.24, 2.45) is 0 Å². The summed E-state index contributed by atoms with van der Waals surface area (Å²) in [5.74, 6) is 0.505. The van der Waals surface area contributed by atoms with E-state index in [0.29, 0.717) is 12.3 Å². The van der Waals surface area contributed by atoms with Gasteiger partial charge in [-0.2, -0.15) is 13.2 Å². The lowest BCUT2D eigenvalue weighted by atomic mass is 10.3. The number of halogens is 3.